The van der Waals surface area contributed by atoms with Crippen molar-refractivity contribution in [2.24, 2.45) is 0 Å². The normalized spacial score (nSPS) is 15.3. The van der Waals surface area contributed by atoms with Gasteiger partial charge in [-0.2, -0.15) is 0 Å². The van der Waals surface area contributed by atoms with E-state index in [0.717, 1.165) is 5.75 Å². The molecule has 0 spiro atoms. The highest BCUT2D eigenvalue weighted by atomic mass is 16.5. The third kappa shape index (κ3) is 4.01. The number of likely N-dealkylation sites (tertiary alicyclic amines) is 1. The predicted molar refractivity (Wildman–Crippen MR) is 133 cm³/mol. The van der Waals surface area contributed by atoms with Gasteiger partial charge in [0, 0.05) is 19.3 Å². The van der Waals surface area contributed by atoms with Crippen molar-refractivity contribution in [3.05, 3.63) is 83.9 Å². The van der Waals surface area contributed by atoms with E-state index in [1.807, 2.05) is 24.3 Å². The fourth-order valence-electron chi connectivity index (χ4n) is 4.51. The minimum Gasteiger partial charge on any atom is -0.497 e. The minimum atomic E-state index is -0.235. The molecule has 0 aliphatic carbocycles. The summed E-state index contributed by atoms with van der Waals surface area (Å²) < 4.78 is 14.4. The molecule has 1 amide bonds. The summed E-state index contributed by atoms with van der Waals surface area (Å²) in [7, 11) is 1.61. The van der Waals surface area contributed by atoms with E-state index in [1.165, 1.54) is 6.08 Å². The number of aromatic nitrogens is 3. The van der Waals surface area contributed by atoms with Crippen LogP contribution < -0.4 is 20.9 Å². The zero-order valence-electron chi connectivity index (χ0n) is 19.3. The zero-order chi connectivity index (χ0) is 24.5. The summed E-state index contributed by atoms with van der Waals surface area (Å²) in [4.78, 5) is 31.7. The van der Waals surface area contributed by atoms with Crippen molar-refractivity contribution in [2.45, 2.75) is 12.5 Å². The second-order valence-electron chi connectivity index (χ2n) is 8.25. The topological polar surface area (TPSA) is 105 Å². The Morgan fingerprint density at radius 2 is 1.74 bits per heavy atom. The molecule has 2 aromatic carbocycles. The molecule has 4 aromatic rings. The van der Waals surface area contributed by atoms with Gasteiger partial charge in [0.25, 0.3) is 0 Å². The van der Waals surface area contributed by atoms with Crippen LogP contribution in [0.5, 0.6) is 17.2 Å². The number of carbonyl (C=O) groups is 1. The summed E-state index contributed by atoms with van der Waals surface area (Å²) in [6.07, 6.45) is 3.55. The first-order chi connectivity index (χ1) is 17.0. The number of nitrogens with two attached hydrogens (primary N) is 1. The number of nitrogens with zero attached hydrogens (tertiary/aromatic N) is 4. The third-order valence-corrected chi connectivity index (χ3v) is 6.22. The maximum Gasteiger partial charge on any atom is 0.334 e. The Hall–Kier alpha value is -4.53. The van der Waals surface area contributed by atoms with Gasteiger partial charge in [-0.05, 0) is 67.1 Å². The smallest absolute Gasteiger partial charge is 0.334 e. The standard InChI is InChI=1S/C26H25N5O4/c1-3-23(32)29-15-13-18(16-29)30-22-12-14-28-25(27)24(22)31(26(30)33)17-4-6-20(7-5-17)35-21-10-8-19(34-2)9-11-21/h3-12,14,18H,1,13,15-16H2,2H3,(H2,27,28)/t18-/m1/s1. The molecule has 1 aliphatic rings. The lowest BCUT2D eigenvalue weighted by molar-refractivity contribution is -0.125. The average molecular weight is 472 g/mol. The molecule has 9 heteroatoms. The van der Waals surface area contributed by atoms with Gasteiger partial charge in [0.05, 0.1) is 24.4 Å². The molecule has 178 valence electrons. The Balaban J connectivity index is 1.51. The predicted octanol–water partition coefficient (Wildman–Crippen LogP) is 3.53. The molecule has 0 unspecified atom stereocenters. The summed E-state index contributed by atoms with van der Waals surface area (Å²) in [6, 6.07) is 16.1. The van der Waals surface area contributed by atoms with Crippen LogP contribution in [0.25, 0.3) is 16.7 Å². The number of carbonyl (C=O) groups excluding carboxylic acids is 1. The van der Waals surface area contributed by atoms with Crippen molar-refractivity contribution < 1.29 is 14.3 Å². The summed E-state index contributed by atoms with van der Waals surface area (Å²) in [5.74, 6) is 2.15. The fraction of sp³-hybridized carbons (Fsp3) is 0.192. The van der Waals surface area contributed by atoms with Crippen LogP contribution in [0.1, 0.15) is 12.5 Å². The van der Waals surface area contributed by atoms with Gasteiger partial charge >= 0.3 is 5.69 Å². The lowest BCUT2D eigenvalue weighted by Crippen LogP contribution is -2.31. The monoisotopic (exact) mass is 471 g/mol. The van der Waals surface area contributed by atoms with Crippen molar-refractivity contribution in [1.82, 2.24) is 19.0 Å². The molecule has 0 saturated carbocycles. The van der Waals surface area contributed by atoms with Crippen LogP contribution in [0.2, 0.25) is 0 Å². The minimum absolute atomic E-state index is 0.141. The van der Waals surface area contributed by atoms with Gasteiger partial charge in [-0.25, -0.2) is 9.78 Å². The van der Waals surface area contributed by atoms with E-state index < -0.39 is 0 Å². The molecule has 1 atom stereocenters. The summed E-state index contributed by atoms with van der Waals surface area (Å²) in [5, 5.41) is 0. The summed E-state index contributed by atoms with van der Waals surface area (Å²) in [6.45, 7) is 4.56. The van der Waals surface area contributed by atoms with E-state index >= 15 is 0 Å². The molecule has 35 heavy (non-hydrogen) atoms. The maximum absolute atomic E-state index is 13.7. The van der Waals surface area contributed by atoms with E-state index in [4.69, 9.17) is 15.2 Å². The Morgan fingerprint density at radius 3 is 2.40 bits per heavy atom. The number of ether oxygens (including phenoxy) is 2. The fourth-order valence-corrected chi connectivity index (χ4v) is 4.51. The average Bonchev–Trinajstić information content (AvgIpc) is 3.47. The summed E-state index contributed by atoms with van der Waals surface area (Å²) in [5.41, 5.74) is 7.85. The quantitative estimate of drug-likeness (QED) is 0.432. The number of amides is 1. The van der Waals surface area contributed by atoms with Gasteiger partial charge in [-0.3, -0.25) is 13.9 Å². The molecule has 1 aliphatic heterocycles. The first kappa shape index (κ1) is 22.3. The lowest BCUT2D eigenvalue weighted by Gasteiger charge is -2.15. The van der Waals surface area contributed by atoms with Crippen molar-refractivity contribution in [3.8, 4) is 22.9 Å². The lowest BCUT2D eigenvalue weighted by atomic mass is 10.2. The van der Waals surface area contributed by atoms with Crippen molar-refractivity contribution in [2.75, 3.05) is 25.9 Å². The van der Waals surface area contributed by atoms with Crippen molar-refractivity contribution in [1.29, 1.82) is 0 Å². The molecule has 9 nitrogen and oxygen atoms in total. The molecule has 0 bridgehead atoms. The first-order valence-corrected chi connectivity index (χ1v) is 11.2. The molecular weight excluding hydrogens is 446 g/mol. The van der Waals surface area contributed by atoms with E-state index in [2.05, 4.69) is 11.6 Å². The van der Waals surface area contributed by atoms with E-state index in [0.29, 0.717) is 47.7 Å². The number of benzene rings is 2. The van der Waals surface area contributed by atoms with Gasteiger partial charge < -0.3 is 20.1 Å². The van der Waals surface area contributed by atoms with Crippen LogP contribution >= 0.6 is 0 Å². The molecule has 3 heterocycles. The van der Waals surface area contributed by atoms with Gasteiger partial charge in [0.15, 0.2) is 0 Å². The van der Waals surface area contributed by atoms with Crippen LogP contribution in [0.15, 0.2) is 78.2 Å². The number of anilines is 1. The number of hydrogen-bond acceptors (Lipinski definition) is 6. The van der Waals surface area contributed by atoms with Crippen LogP contribution in [-0.4, -0.2) is 45.1 Å². The number of hydrogen-bond donors (Lipinski definition) is 1. The van der Waals surface area contributed by atoms with E-state index in [-0.39, 0.29) is 23.5 Å². The van der Waals surface area contributed by atoms with Gasteiger partial charge in [0.2, 0.25) is 5.91 Å². The first-order valence-electron chi connectivity index (χ1n) is 11.2. The molecule has 1 fully saturated rings. The van der Waals surface area contributed by atoms with E-state index in [1.54, 1.807) is 57.7 Å². The van der Waals surface area contributed by atoms with Crippen LogP contribution in [0.4, 0.5) is 5.82 Å². The highest BCUT2D eigenvalue weighted by Crippen LogP contribution is 2.30. The Morgan fingerprint density at radius 1 is 1.09 bits per heavy atom. The second kappa shape index (κ2) is 9.02. The number of pyridine rings is 1. The van der Waals surface area contributed by atoms with Crippen LogP contribution in [0.3, 0.4) is 0 Å². The zero-order valence-corrected chi connectivity index (χ0v) is 19.3. The molecular formula is C26H25N5O4. The molecule has 0 radical (unpaired) electrons. The number of fused-ring (bicyclic) bond motifs is 1. The SMILES string of the molecule is C=CC(=O)N1CC[C@@H](n2c(=O)n(-c3ccc(Oc4ccc(OC)cc4)cc3)c3c(N)nccc32)C1. The highest BCUT2D eigenvalue weighted by Gasteiger charge is 2.30. The largest absolute Gasteiger partial charge is 0.497 e. The molecule has 2 aromatic heterocycles. The number of nitrogen functional groups attached to an aromatic ring is 1. The summed E-state index contributed by atoms with van der Waals surface area (Å²) >= 11 is 0. The molecule has 2 N–H and O–H groups in total. The highest BCUT2D eigenvalue weighted by molar-refractivity contribution is 5.88. The van der Waals surface area contributed by atoms with E-state index in [9.17, 15) is 9.59 Å². The van der Waals surface area contributed by atoms with Crippen LogP contribution in [0, 0.1) is 0 Å². The Kier molecular flexibility index (Phi) is 5.74. The molecule has 5 rings (SSSR count). The van der Waals surface area contributed by atoms with Crippen molar-refractivity contribution in [3.63, 3.8) is 0 Å². The van der Waals surface area contributed by atoms with Crippen molar-refractivity contribution >= 4 is 22.8 Å². The van der Waals surface area contributed by atoms with Gasteiger partial charge in [0.1, 0.15) is 28.6 Å². The Labute approximate surface area is 201 Å². The number of rotatable bonds is 6. The Bertz CT molecular complexity index is 1450. The third-order valence-electron chi connectivity index (χ3n) is 6.22. The number of imidazole rings is 1. The molecule has 1 saturated heterocycles. The van der Waals surface area contributed by atoms with Gasteiger partial charge in [-0.15, -0.1) is 0 Å². The second-order valence-corrected chi connectivity index (χ2v) is 8.25. The van der Waals surface area contributed by atoms with Gasteiger partial charge in [-0.1, -0.05) is 6.58 Å². The van der Waals surface area contributed by atoms with Crippen LogP contribution in [-0.2, 0) is 4.79 Å². The number of methoxy groups -OCH3 is 1. The maximum atomic E-state index is 13.7.